The van der Waals surface area contributed by atoms with E-state index in [-0.39, 0.29) is 29.0 Å². The van der Waals surface area contributed by atoms with Crippen molar-refractivity contribution in [3.8, 4) is 5.75 Å². The van der Waals surface area contributed by atoms with Crippen LogP contribution in [0.2, 0.25) is 0 Å². The summed E-state index contributed by atoms with van der Waals surface area (Å²) in [5, 5.41) is 15.0. The Morgan fingerprint density at radius 1 is 0.905 bits per heavy atom. The average molecular weight is 897 g/mol. The molecule has 3 aromatic carbocycles. The fourth-order valence-electron chi connectivity index (χ4n) is 5.84. The van der Waals surface area contributed by atoms with Crippen molar-refractivity contribution in [3.63, 3.8) is 0 Å². The summed E-state index contributed by atoms with van der Waals surface area (Å²) >= 11 is -0.0694. The number of rotatable bonds is 14. The average Bonchev–Trinajstić information content (AvgIpc) is 3.85. The van der Waals surface area contributed by atoms with E-state index >= 15 is 0 Å². The molecular weight excluding hydrogens is 850 g/mol. The van der Waals surface area contributed by atoms with E-state index in [1.54, 1.807) is 98.5 Å². The largest absolute Gasteiger partial charge is 0.489 e. The molecule has 1 fully saturated rings. The van der Waals surface area contributed by atoms with Crippen LogP contribution in [0.4, 0.5) is 27.9 Å². The number of carboxylic acids is 1. The molecule has 0 aliphatic carbocycles. The summed E-state index contributed by atoms with van der Waals surface area (Å²) in [7, 11) is 0. The second-order valence-electron chi connectivity index (χ2n) is 16.0. The number of benzene rings is 3. The van der Waals surface area contributed by atoms with Gasteiger partial charge in [-0.25, -0.2) is 24.2 Å². The maximum Gasteiger partial charge on any atom is 0.427 e. The van der Waals surface area contributed by atoms with E-state index in [1.165, 1.54) is 32.9 Å². The first kappa shape index (κ1) is 47.4. The van der Waals surface area contributed by atoms with Gasteiger partial charge in [-0.3, -0.25) is 10.3 Å². The number of thiazole rings is 1. The van der Waals surface area contributed by atoms with Crippen LogP contribution < -0.4 is 15.8 Å². The number of aliphatic imine (C=N–C) groups is 1. The maximum absolute atomic E-state index is 14.3. The Hall–Kier alpha value is -6.70. The molecule has 5 rings (SSSR count). The minimum Gasteiger partial charge on any atom is -0.489 e. The lowest BCUT2D eigenvalue weighted by molar-refractivity contribution is -0.163. The number of halogens is 3. The normalized spacial score (nSPS) is 15.4. The summed E-state index contributed by atoms with van der Waals surface area (Å²) in [6.45, 7) is 10.0. The number of ether oxygens (including phenoxy) is 4. The Kier molecular flexibility index (Phi) is 15.0. The van der Waals surface area contributed by atoms with Crippen LogP contribution in [0.5, 0.6) is 5.75 Å². The second-order valence-corrected chi connectivity index (χ2v) is 17.0. The number of anilines is 1. The van der Waals surface area contributed by atoms with Crippen molar-refractivity contribution in [2.45, 2.75) is 83.6 Å². The number of carboxylic acid groups (broad SMARTS) is 1. The summed E-state index contributed by atoms with van der Waals surface area (Å²) in [5.74, 6) is -2.76. The first-order valence-electron chi connectivity index (χ1n) is 19.5. The zero-order chi connectivity index (χ0) is 46.1. The maximum atomic E-state index is 14.3. The lowest BCUT2D eigenvalue weighted by Gasteiger charge is -2.24. The molecule has 2 amide bonds. The Bertz CT molecular complexity index is 2250. The number of hydrogen-bond acceptors (Lipinski definition) is 13. The van der Waals surface area contributed by atoms with Gasteiger partial charge in [-0.15, -0.1) is 0 Å². The van der Waals surface area contributed by atoms with Crippen molar-refractivity contribution >= 4 is 52.1 Å². The van der Waals surface area contributed by atoms with E-state index in [4.69, 9.17) is 29.5 Å². The molecule has 336 valence electrons. The second kappa shape index (κ2) is 20.0. The molecular formula is C43H47F3N6O10S. The summed E-state index contributed by atoms with van der Waals surface area (Å²) in [6.07, 6.45) is -9.05. The van der Waals surface area contributed by atoms with Gasteiger partial charge >= 0.3 is 30.3 Å². The van der Waals surface area contributed by atoms with E-state index < -0.39 is 81.7 Å². The van der Waals surface area contributed by atoms with Crippen LogP contribution in [0.25, 0.3) is 0 Å². The lowest BCUT2D eigenvalue weighted by Crippen LogP contribution is -2.35. The first-order chi connectivity index (χ1) is 29.6. The Labute approximate surface area is 364 Å². The van der Waals surface area contributed by atoms with Crippen molar-refractivity contribution in [2.75, 3.05) is 25.0 Å². The van der Waals surface area contributed by atoms with Crippen molar-refractivity contribution < 1.29 is 61.2 Å². The topological polar surface area (TPSA) is 214 Å². The molecule has 63 heavy (non-hydrogen) atoms. The highest BCUT2D eigenvalue weighted by Gasteiger charge is 2.41. The molecule has 20 heteroatoms. The number of alkyl halides is 3. The van der Waals surface area contributed by atoms with Gasteiger partial charge < -0.3 is 39.5 Å². The molecule has 4 aromatic rings. The molecule has 16 nitrogen and oxygen atoms in total. The van der Waals surface area contributed by atoms with Gasteiger partial charge in [-0.2, -0.15) is 13.2 Å². The number of carbonyl (C=O) groups is 4. The van der Waals surface area contributed by atoms with Crippen LogP contribution in [-0.4, -0.2) is 93.7 Å². The lowest BCUT2D eigenvalue weighted by atomic mass is 10.0. The van der Waals surface area contributed by atoms with Crippen molar-refractivity contribution in [3.05, 3.63) is 112 Å². The van der Waals surface area contributed by atoms with Crippen molar-refractivity contribution in [2.24, 2.45) is 15.9 Å². The number of amides is 2. The molecule has 2 atom stereocenters. The minimum absolute atomic E-state index is 0.0694. The standard InChI is InChI=1S/C43H47F3N6O10S/c1-41(2,3)60-39(56)50-38-49-31(34(63-38)43(44,45)46)32(36(53)54)51-62-30(37(55)59-33(25-13-9-7-10-14-25)26-15-11-8-12-16-26)24-58-29-19-17-27(18-20-29)35(47)48-28-21-22-52(23-28)40(57)61-42(4,5)6/h7-20,28,30,33H,21-24H2,1-6H3,(H2,47,48)(H,53,54)(H,49,50,56)/b51-32-. The summed E-state index contributed by atoms with van der Waals surface area (Å²) in [6, 6.07) is 23.2. The number of esters is 1. The number of nitrogens with one attached hydrogen (secondary N) is 1. The first-order valence-corrected chi connectivity index (χ1v) is 20.3. The van der Waals surface area contributed by atoms with Crippen LogP contribution in [0, 0.1) is 0 Å². The van der Waals surface area contributed by atoms with Gasteiger partial charge in [0.1, 0.15) is 40.0 Å². The molecule has 0 saturated carbocycles. The highest BCUT2D eigenvalue weighted by atomic mass is 32.1. The van der Waals surface area contributed by atoms with E-state index in [0.29, 0.717) is 36.2 Å². The molecule has 2 unspecified atom stereocenters. The summed E-state index contributed by atoms with van der Waals surface area (Å²) < 4.78 is 65.1. The molecule has 1 aliphatic heterocycles. The van der Waals surface area contributed by atoms with Gasteiger partial charge in [-0.1, -0.05) is 77.2 Å². The van der Waals surface area contributed by atoms with Gasteiger partial charge in [0.2, 0.25) is 5.71 Å². The number of hydrogen-bond donors (Lipinski definition) is 3. The Morgan fingerprint density at radius 3 is 2.03 bits per heavy atom. The van der Waals surface area contributed by atoms with Gasteiger partial charge in [0, 0.05) is 18.7 Å². The zero-order valence-electron chi connectivity index (χ0n) is 35.2. The number of aliphatic carboxylic acids is 1. The molecule has 1 aromatic heterocycles. The molecule has 1 saturated heterocycles. The van der Waals surface area contributed by atoms with Crippen LogP contribution in [-0.2, 0) is 34.8 Å². The van der Waals surface area contributed by atoms with E-state index in [2.05, 4.69) is 20.4 Å². The highest BCUT2D eigenvalue weighted by molar-refractivity contribution is 7.16. The number of likely N-dealkylation sites (tertiary alicyclic amines) is 1. The molecule has 2 heterocycles. The number of carbonyl (C=O) groups excluding carboxylic acids is 3. The Morgan fingerprint density at radius 2 is 1.49 bits per heavy atom. The van der Waals surface area contributed by atoms with Gasteiger partial charge in [0.05, 0.1) is 6.04 Å². The third-order valence-corrected chi connectivity index (χ3v) is 9.60. The van der Waals surface area contributed by atoms with E-state index in [0.717, 1.165) is 0 Å². The predicted molar refractivity (Wildman–Crippen MR) is 226 cm³/mol. The van der Waals surface area contributed by atoms with Crippen LogP contribution >= 0.6 is 11.3 Å². The number of amidine groups is 1. The van der Waals surface area contributed by atoms with Crippen LogP contribution in [0.15, 0.2) is 95.1 Å². The summed E-state index contributed by atoms with van der Waals surface area (Å²) in [4.78, 5) is 65.0. The third kappa shape index (κ3) is 13.9. The number of nitrogens with zero attached hydrogens (tertiary/aromatic N) is 4. The van der Waals surface area contributed by atoms with Crippen molar-refractivity contribution in [1.29, 1.82) is 0 Å². The van der Waals surface area contributed by atoms with E-state index in [9.17, 15) is 37.5 Å². The Balaban J connectivity index is 1.40. The van der Waals surface area contributed by atoms with Gasteiger partial charge in [-0.05, 0) is 83.4 Å². The molecule has 1 aliphatic rings. The smallest absolute Gasteiger partial charge is 0.427 e. The van der Waals surface area contributed by atoms with Gasteiger partial charge in [0.25, 0.3) is 6.10 Å². The number of nitrogens with two attached hydrogens (primary N) is 1. The number of oxime groups is 1. The SMILES string of the molecule is CC(C)(C)OC(=O)Nc1nc(/C(=N/OC(COc2ccc(C(N)=NC3CCN(C(=O)OC(C)(C)C)C3)cc2)C(=O)OC(c2ccccc2)c2ccccc2)C(=O)O)c(C(F)(F)F)s1. The van der Waals surface area contributed by atoms with Crippen molar-refractivity contribution in [1.82, 2.24) is 9.88 Å². The third-order valence-electron chi connectivity index (χ3n) is 8.58. The predicted octanol–water partition coefficient (Wildman–Crippen LogP) is 7.81. The molecule has 0 radical (unpaired) electrons. The quantitative estimate of drug-likeness (QED) is 0.0364. The van der Waals surface area contributed by atoms with E-state index in [1.807, 2.05) is 0 Å². The fourth-order valence-corrected chi connectivity index (χ4v) is 6.66. The zero-order valence-corrected chi connectivity index (χ0v) is 36.0. The highest BCUT2D eigenvalue weighted by Crippen LogP contribution is 2.39. The monoisotopic (exact) mass is 896 g/mol. The van der Waals surface area contributed by atoms with Gasteiger partial charge in [0.15, 0.2) is 11.2 Å². The molecule has 4 N–H and O–H groups in total. The van der Waals surface area contributed by atoms with Crippen LogP contribution in [0.3, 0.4) is 0 Å². The molecule has 0 spiro atoms. The number of aromatic nitrogens is 1. The molecule has 0 bridgehead atoms. The fraction of sp³-hybridized carbons (Fsp3) is 0.372. The minimum atomic E-state index is -5.16. The van der Waals surface area contributed by atoms with Crippen LogP contribution in [0.1, 0.15) is 81.3 Å². The summed E-state index contributed by atoms with van der Waals surface area (Å²) in [5.41, 5.74) is 3.73.